The lowest BCUT2D eigenvalue weighted by molar-refractivity contribution is 0.596. The zero-order valence-electron chi connectivity index (χ0n) is 9.07. The van der Waals surface area contributed by atoms with Gasteiger partial charge in [0, 0.05) is 7.05 Å². The minimum atomic E-state index is -3.51. The standard InChI is InChI=1S/C10H11N3O2S2/c1-13(9-5-4-8(11)7-12-9)17(14,15)10-3-2-6-16-10/h2-7H,11H2,1H3. The van der Waals surface area contributed by atoms with E-state index in [-0.39, 0.29) is 0 Å². The van der Waals surface area contributed by atoms with Crippen molar-refractivity contribution in [3.05, 3.63) is 35.8 Å². The Morgan fingerprint density at radius 3 is 2.65 bits per heavy atom. The van der Waals surface area contributed by atoms with Crippen LogP contribution in [-0.4, -0.2) is 20.4 Å². The topological polar surface area (TPSA) is 76.3 Å². The van der Waals surface area contributed by atoms with Crippen molar-refractivity contribution in [2.24, 2.45) is 0 Å². The quantitative estimate of drug-likeness (QED) is 0.917. The molecule has 0 spiro atoms. The second kappa shape index (κ2) is 4.34. The monoisotopic (exact) mass is 269 g/mol. The molecule has 17 heavy (non-hydrogen) atoms. The molecule has 2 aromatic rings. The largest absolute Gasteiger partial charge is 0.397 e. The summed E-state index contributed by atoms with van der Waals surface area (Å²) in [7, 11) is -2.05. The van der Waals surface area contributed by atoms with Gasteiger partial charge in [0.15, 0.2) is 0 Å². The second-order valence-electron chi connectivity index (χ2n) is 3.35. The molecule has 0 unspecified atom stereocenters. The van der Waals surface area contributed by atoms with Gasteiger partial charge in [-0.25, -0.2) is 13.4 Å². The van der Waals surface area contributed by atoms with E-state index in [0.29, 0.717) is 15.7 Å². The van der Waals surface area contributed by atoms with Crippen molar-refractivity contribution in [2.75, 3.05) is 17.1 Å². The van der Waals surface area contributed by atoms with Gasteiger partial charge in [-0.3, -0.25) is 4.31 Å². The molecule has 0 saturated carbocycles. The average molecular weight is 269 g/mol. The normalized spacial score (nSPS) is 11.4. The maximum Gasteiger partial charge on any atom is 0.274 e. The first kappa shape index (κ1) is 11.9. The summed E-state index contributed by atoms with van der Waals surface area (Å²) in [5, 5.41) is 1.72. The van der Waals surface area contributed by atoms with Crippen LogP contribution in [0.15, 0.2) is 40.1 Å². The first-order chi connectivity index (χ1) is 8.01. The number of hydrogen-bond acceptors (Lipinski definition) is 5. The molecule has 2 aromatic heterocycles. The van der Waals surface area contributed by atoms with Crippen LogP contribution in [0.3, 0.4) is 0 Å². The molecule has 0 bridgehead atoms. The Hall–Kier alpha value is -1.60. The van der Waals surface area contributed by atoms with Gasteiger partial charge in [-0.2, -0.15) is 0 Å². The molecule has 0 amide bonds. The summed E-state index contributed by atoms with van der Waals surface area (Å²) >= 11 is 1.17. The van der Waals surface area contributed by atoms with Crippen LogP contribution in [0.1, 0.15) is 0 Å². The Bertz CT molecular complexity index is 591. The van der Waals surface area contributed by atoms with Crippen LogP contribution in [0, 0.1) is 0 Å². The first-order valence-corrected chi connectivity index (χ1v) is 7.08. The highest BCUT2D eigenvalue weighted by Crippen LogP contribution is 2.23. The molecule has 0 saturated heterocycles. The van der Waals surface area contributed by atoms with Crippen molar-refractivity contribution < 1.29 is 8.42 Å². The van der Waals surface area contributed by atoms with Crippen LogP contribution in [0.5, 0.6) is 0 Å². The third-order valence-corrected chi connectivity index (χ3v) is 5.34. The lowest BCUT2D eigenvalue weighted by Crippen LogP contribution is -2.26. The van der Waals surface area contributed by atoms with Gasteiger partial charge in [0.25, 0.3) is 10.0 Å². The summed E-state index contributed by atoms with van der Waals surface area (Å²) in [5.74, 6) is 0.340. The third kappa shape index (κ3) is 2.25. The van der Waals surface area contributed by atoms with Crippen molar-refractivity contribution in [3.8, 4) is 0 Å². The fourth-order valence-electron chi connectivity index (χ4n) is 1.25. The molecule has 0 aromatic carbocycles. The van der Waals surface area contributed by atoms with Gasteiger partial charge in [0.05, 0.1) is 11.9 Å². The molecule has 5 nitrogen and oxygen atoms in total. The smallest absolute Gasteiger partial charge is 0.274 e. The molecular weight excluding hydrogens is 258 g/mol. The van der Waals surface area contributed by atoms with E-state index in [1.807, 2.05) is 0 Å². The molecule has 0 atom stereocenters. The molecule has 90 valence electrons. The summed E-state index contributed by atoms with van der Waals surface area (Å²) in [6.07, 6.45) is 1.43. The van der Waals surface area contributed by atoms with Crippen molar-refractivity contribution in [2.45, 2.75) is 4.21 Å². The van der Waals surface area contributed by atoms with Crippen LogP contribution in [0.25, 0.3) is 0 Å². The summed E-state index contributed by atoms with van der Waals surface area (Å²) < 4.78 is 25.7. The molecule has 7 heteroatoms. The Labute approximate surface area is 104 Å². The molecule has 2 N–H and O–H groups in total. The summed E-state index contributed by atoms with van der Waals surface area (Å²) in [6.45, 7) is 0. The number of anilines is 2. The predicted molar refractivity (Wildman–Crippen MR) is 68.6 cm³/mol. The minimum absolute atomic E-state index is 0.290. The van der Waals surface area contributed by atoms with Gasteiger partial charge >= 0.3 is 0 Å². The van der Waals surface area contributed by atoms with Gasteiger partial charge in [-0.1, -0.05) is 6.07 Å². The van der Waals surface area contributed by atoms with Gasteiger partial charge < -0.3 is 5.73 Å². The zero-order valence-corrected chi connectivity index (χ0v) is 10.7. The van der Waals surface area contributed by atoms with E-state index < -0.39 is 10.0 Å². The van der Waals surface area contributed by atoms with Gasteiger partial charge in [-0.15, -0.1) is 11.3 Å². The lowest BCUT2D eigenvalue weighted by atomic mass is 10.4. The van der Waals surface area contributed by atoms with E-state index >= 15 is 0 Å². The number of thiophene rings is 1. The van der Waals surface area contributed by atoms with Crippen molar-refractivity contribution in [1.29, 1.82) is 0 Å². The number of pyridine rings is 1. The molecular formula is C10H11N3O2S2. The zero-order chi connectivity index (χ0) is 12.5. The molecule has 0 fully saturated rings. The summed E-state index contributed by atoms with van der Waals surface area (Å²) in [4.78, 5) is 3.98. The fourth-order valence-corrected chi connectivity index (χ4v) is 3.56. The van der Waals surface area contributed by atoms with E-state index in [9.17, 15) is 8.42 Å². The number of hydrogen-bond donors (Lipinski definition) is 1. The Morgan fingerprint density at radius 2 is 2.12 bits per heavy atom. The van der Waals surface area contributed by atoms with E-state index in [1.54, 1.807) is 29.6 Å². The van der Waals surface area contributed by atoms with Crippen molar-refractivity contribution >= 4 is 32.9 Å². The first-order valence-electron chi connectivity index (χ1n) is 4.76. The van der Waals surface area contributed by atoms with E-state index in [4.69, 9.17) is 5.73 Å². The second-order valence-corrected chi connectivity index (χ2v) is 6.50. The van der Waals surface area contributed by atoms with Crippen LogP contribution >= 0.6 is 11.3 Å². The van der Waals surface area contributed by atoms with Crippen molar-refractivity contribution in [3.63, 3.8) is 0 Å². The Kier molecular flexibility index (Phi) is 3.03. The summed E-state index contributed by atoms with van der Waals surface area (Å²) in [6, 6.07) is 6.44. The average Bonchev–Trinajstić information content (AvgIpc) is 2.83. The van der Waals surface area contributed by atoms with Crippen molar-refractivity contribution in [1.82, 2.24) is 4.98 Å². The Balaban J connectivity index is 2.38. The number of nitrogen functional groups attached to an aromatic ring is 1. The van der Waals surface area contributed by atoms with Crippen LogP contribution in [-0.2, 0) is 10.0 Å². The highest BCUT2D eigenvalue weighted by atomic mass is 32.2. The maximum atomic E-state index is 12.1. The maximum absolute atomic E-state index is 12.1. The van der Waals surface area contributed by atoms with Gasteiger partial charge in [0.2, 0.25) is 0 Å². The molecule has 2 rings (SSSR count). The van der Waals surface area contributed by atoms with Crippen LogP contribution in [0.4, 0.5) is 11.5 Å². The fraction of sp³-hybridized carbons (Fsp3) is 0.100. The van der Waals surface area contributed by atoms with E-state index in [1.165, 1.54) is 24.6 Å². The van der Waals surface area contributed by atoms with Crippen LogP contribution in [0.2, 0.25) is 0 Å². The van der Waals surface area contributed by atoms with E-state index in [0.717, 1.165) is 4.31 Å². The van der Waals surface area contributed by atoms with Gasteiger partial charge in [0.1, 0.15) is 10.0 Å². The van der Waals surface area contributed by atoms with E-state index in [2.05, 4.69) is 4.98 Å². The molecule has 0 radical (unpaired) electrons. The molecule has 2 heterocycles. The Morgan fingerprint density at radius 1 is 1.35 bits per heavy atom. The predicted octanol–water partition coefficient (Wildman–Crippen LogP) is 1.55. The minimum Gasteiger partial charge on any atom is -0.397 e. The number of rotatable bonds is 3. The number of aromatic nitrogens is 1. The molecule has 0 aliphatic carbocycles. The molecule has 0 aliphatic heterocycles. The summed E-state index contributed by atoms with van der Waals surface area (Å²) in [5.41, 5.74) is 6.00. The third-order valence-electron chi connectivity index (χ3n) is 2.20. The highest BCUT2D eigenvalue weighted by Gasteiger charge is 2.22. The molecule has 0 aliphatic rings. The lowest BCUT2D eigenvalue weighted by Gasteiger charge is -2.17. The van der Waals surface area contributed by atoms with Crippen LogP contribution < -0.4 is 10.0 Å². The number of nitrogens with two attached hydrogens (primary N) is 1. The number of nitrogens with zero attached hydrogens (tertiary/aromatic N) is 2. The SMILES string of the molecule is CN(c1ccc(N)cn1)S(=O)(=O)c1cccs1. The highest BCUT2D eigenvalue weighted by molar-refractivity contribution is 7.94. The number of sulfonamides is 1. The van der Waals surface area contributed by atoms with Gasteiger partial charge in [-0.05, 0) is 23.6 Å².